The number of allylic oxidation sites excluding steroid dienone is 5. The third-order valence-electron chi connectivity index (χ3n) is 12.2. The number of aliphatic hydroxyl groups excluding tert-OH is 2. The van der Waals surface area contributed by atoms with E-state index in [2.05, 4.69) is 37.4 Å². The van der Waals surface area contributed by atoms with Crippen LogP contribution in [0.1, 0.15) is 277 Å². The number of nitrogens with one attached hydrogen (secondary N) is 1. The van der Waals surface area contributed by atoms with Gasteiger partial charge in [-0.2, -0.15) is 0 Å². The Morgan fingerprint density at radius 2 is 0.836 bits per heavy atom. The first kappa shape index (κ1) is 59.1. The van der Waals surface area contributed by atoms with E-state index in [-0.39, 0.29) is 18.5 Å². The minimum absolute atomic E-state index is 0.0172. The van der Waals surface area contributed by atoms with Crippen molar-refractivity contribution >= 4 is 11.9 Å². The van der Waals surface area contributed by atoms with Gasteiger partial charge >= 0.3 is 5.97 Å². The summed E-state index contributed by atoms with van der Waals surface area (Å²) in [6.45, 7) is 4.84. The molecular weight excluding hydrogens is 755 g/mol. The Bertz CT molecular complexity index is 993. The Morgan fingerprint density at radius 3 is 1.28 bits per heavy atom. The monoisotopic (exact) mass is 858 g/mol. The fourth-order valence-corrected chi connectivity index (χ4v) is 8.04. The summed E-state index contributed by atoms with van der Waals surface area (Å²) in [7, 11) is 0. The molecule has 6 heteroatoms. The molecule has 0 heterocycles. The van der Waals surface area contributed by atoms with Crippen LogP contribution in [0.5, 0.6) is 0 Å². The molecule has 0 aliphatic heterocycles. The molecule has 2 atom stereocenters. The molecule has 0 saturated carbocycles. The zero-order chi connectivity index (χ0) is 44.4. The summed E-state index contributed by atoms with van der Waals surface area (Å²) in [5.41, 5.74) is 0. The molecule has 61 heavy (non-hydrogen) atoms. The average molecular weight is 858 g/mol. The summed E-state index contributed by atoms with van der Waals surface area (Å²) in [5.74, 6) is -0.165. The predicted molar refractivity (Wildman–Crippen MR) is 264 cm³/mol. The molecule has 0 aliphatic carbocycles. The smallest absolute Gasteiger partial charge is 0.305 e. The van der Waals surface area contributed by atoms with Crippen LogP contribution >= 0.6 is 0 Å². The number of hydrogen-bond donors (Lipinski definition) is 3. The van der Waals surface area contributed by atoms with E-state index in [1.54, 1.807) is 6.08 Å². The topological polar surface area (TPSA) is 95.9 Å². The quantitative estimate of drug-likeness (QED) is 0.0322. The summed E-state index contributed by atoms with van der Waals surface area (Å²) in [6.07, 6.45) is 61.6. The molecule has 0 aromatic carbocycles. The number of carbonyl (C=O) groups excluding carboxylic acids is 2. The van der Waals surface area contributed by atoms with Crippen molar-refractivity contribution in [1.29, 1.82) is 0 Å². The number of amides is 1. The van der Waals surface area contributed by atoms with Crippen molar-refractivity contribution in [3.63, 3.8) is 0 Å². The highest BCUT2D eigenvalue weighted by atomic mass is 16.5. The number of aliphatic hydroxyl groups is 2. The fraction of sp³-hybridized carbons (Fsp3) is 0.855. The number of esters is 1. The van der Waals surface area contributed by atoms with Crippen LogP contribution in [-0.4, -0.2) is 47.4 Å². The molecule has 3 N–H and O–H groups in total. The second kappa shape index (κ2) is 50.7. The highest BCUT2D eigenvalue weighted by Crippen LogP contribution is 2.16. The zero-order valence-corrected chi connectivity index (χ0v) is 40.6. The van der Waals surface area contributed by atoms with Gasteiger partial charge in [0.05, 0.1) is 25.4 Å². The van der Waals surface area contributed by atoms with Crippen LogP contribution < -0.4 is 5.32 Å². The third kappa shape index (κ3) is 47.4. The number of carbonyl (C=O) groups is 2. The maximum absolute atomic E-state index is 12.4. The molecule has 1 amide bonds. The fourth-order valence-electron chi connectivity index (χ4n) is 8.04. The van der Waals surface area contributed by atoms with Gasteiger partial charge in [0.15, 0.2) is 0 Å². The summed E-state index contributed by atoms with van der Waals surface area (Å²) < 4.78 is 5.45. The molecule has 0 bridgehead atoms. The molecule has 2 unspecified atom stereocenters. The van der Waals surface area contributed by atoms with Crippen molar-refractivity contribution in [2.24, 2.45) is 0 Å². The van der Waals surface area contributed by atoms with Crippen LogP contribution in [0.2, 0.25) is 0 Å². The standard InChI is InChI=1S/C55H103NO5/c1-3-5-7-9-11-13-15-17-18-19-20-21-24-27-31-35-39-43-47-53(58)52(51-57)56-54(59)48-44-40-36-32-28-25-22-26-30-34-38-42-46-50-61-55(60)49-45-41-37-33-29-23-16-14-12-10-8-6-4-2/h25,28,36,40,43,47,52-53,57-58H,3-24,26-27,29-35,37-39,41-42,44-46,48-51H2,1-2H3,(H,56,59)/b28-25-,40-36-,47-43+. The van der Waals surface area contributed by atoms with Crippen molar-refractivity contribution < 1.29 is 24.5 Å². The van der Waals surface area contributed by atoms with Crippen molar-refractivity contribution in [3.05, 3.63) is 36.5 Å². The maximum Gasteiger partial charge on any atom is 0.305 e. The molecule has 0 aliphatic rings. The van der Waals surface area contributed by atoms with E-state index in [4.69, 9.17) is 4.74 Å². The van der Waals surface area contributed by atoms with Gasteiger partial charge in [-0.1, -0.05) is 249 Å². The minimum Gasteiger partial charge on any atom is -0.466 e. The normalized spacial score (nSPS) is 12.9. The molecule has 0 saturated heterocycles. The van der Waals surface area contributed by atoms with Crippen LogP contribution in [0.15, 0.2) is 36.5 Å². The van der Waals surface area contributed by atoms with Crippen LogP contribution in [0.4, 0.5) is 0 Å². The maximum atomic E-state index is 12.4. The van der Waals surface area contributed by atoms with Crippen LogP contribution in [0.3, 0.4) is 0 Å². The second-order valence-electron chi connectivity index (χ2n) is 18.2. The lowest BCUT2D eigenvalue weighted by atomic mass is 10.0. The Morgan fingerprint density at radius 1 is 0.459 bits per heavy atom. The second-order valence-corrected chi connectivity index (χ2v) is 18.2. The summed E-state index contributed by atoms with van der Waals surface area (Å²) in [5, 5.41) is 23.0. The molecule has 0 aromatic heterocycles. The lowest BCUT2D eigenvalue weighted by Crippen LogP contribution is -2.45. The van der Waals surface area contributed by atoms with E-state index < -0.39 is 12.1 Å². The van der Waals surface area contributed by atoms with Gasteiger partial charge in [0.25, 0.3) is 0 Å². The highest BCUT2D eigenvalue weighted by Gasteiger charge is 2.17. The molecule has 358 valence electrons. The SMILES string of the molecule is CCCCCCCCCCCCCCCCCC/C=C/C(O)C(CO)NC(=O)CC/C=C\C/C=C\CCCCCCCCOC(=O)CCCCCCCCCCCCCCC. The van der Waals surface area contributed by atoms with Crippen molar-refractivity contribution in [3.8, 4) is 0 Å². The van der Waals surface area contributed by atoms with E-state index in [9.17, 15) is 19.8 Å². The van der Waals surface area contributed by atoms with Gasteiger partial charge < -0.3 is 20.3 Å². The van der Waals surface area contributed by atoms with Gasteiger partial charge in [-0.25, -0.2) is 0 Å². The molecule has 0 spiro atoms. The number of ether oxygens (including phenoxy) is 1. The first-order valence-corrected chi connectivity index (χ1v) is 26.8. The third-order valence-corrected chi connectivity index (χ3v) is 12.2. The van der Waals surface area contributed by atoms with Crippen molar-refractivity contribution in [1.82, 2.24) is 5.32 Å². The Hall–Kier alpha value is -1.92. The van der Waals surface area contributed by atoms with Gasteiger partial charge in [-0.15, -0.1) is 0 Å². The Labute approximate surface area is 379 Å². The van der Waals surface area contributed by atoms with E-state index in [0.717, 1.165) is 51.4 Å². The van der Waals surface area contributed by atoms with Gasteiger partial charge in [-0.05, 0) is 51.4 Å². The average Bonchev–Trinajstić information content (AvgIpc) is 3.26. The van der Waals surface area contributed by atoms with Crippen LogP contribution in [0, 0.1) is 0 Å². The molecule has 0 radical (unpaired) electrons. The highest BCUT2D eigenvalue weighted by molar-refractivity contribution is 5.76. The van der Waals surface area contributed by atoms with Gasteiger partial charge in [0.2, 0.25) is 5.91 Å². The van der Waals surface area contributed by atoms with Gasteiger partial charge in [-0.3, -0.25) is 9.59 Å². The first-order chi connectivity index (χ1) is 30.0. The first-order valence-electron chi connectivity index (χ1n) is 26.8. The predicted octanol–water partition coefficient (Wildman–Crippen LogP) is 16.1. The molecule has 0 aromatic rings. The van der Waals surface area contributed by atoms with Crippen LogP contribution in [0.25, 0.3) is 0 Å². The molecule has 0 fully saturated rings. The largest absolute Gasteiger partial charge is 0.466 e. The van der Waals surface area contributed by atoms with Gasteiger partial charge in [0, 0.05) is 12.8 Å². The Kier molecular flexibility index (Phi) is 49.1. The van der Waals surface area contributed by atoms with Crippen LogP contribution in [-0.2, 0) is 14.3 Å². The van der Waals surface area contributed by atoms with E-state index in [0.29, 0.717) is 25.9 Å². The van der Waals surface area contributed by atoms with E-state index in [1.807, 2.05) is 12.2 Å². The van der Waals surface area contributed by atoms with E-state index in [1.165, 1.54) is 193 Å². The van der Waals surface area contributed by atoms with Gasteiger partial charge in [0.1, 0.15) is 0 Å². The molecule has 0 rings (SSSR count). The summed E-state index contributed by atoms with van der Waals surface area (Å²) in [6, 6.07) is -0.672. The zero-order valence-electron chi connectivity index (χ0n) is 40.6. The number of unbranched alkanes of at least 4 members (excludes halogenated alkanes) is 34. The molecule has 6 nitrogen and oxygen atoms in total. The number of rotatable bonds is 49. The lowest BCUT2D eigenvalue weighted by Gasteiger charge is -2.19. The van der Waals surface area contributed by atoms with E-state index >= 15 is 0 Å². The van der Waals surface area contributed by atoms with Crippen molar-refractivity contribution in [2.75, 3.05) is 13.2 Å². The lowest BCUT2D eigenvalue weighted by molar-refractivity contribution is -0.143. The molecular formula is C55H103NO5. The summed E-state index contributed by atoms with van der Waals surface area (Å²) in [4.78, 5) is 24.4. The number of hydrogen-bond acceptors (Lipinski definition) is 5. The van der Waals surface area contributed by atoms with Crippen molar-refractivity contribution in [2.45, 2.75) is 289 Å². The Balaban J connectivity index is 3.59. The minimum atomic E-state index is -0.879. The summed E-state index contributed by atoms with van der Waals surface area (Å²) >= 11 is 0.